The summed E-state index contributed by atoms with van der Waals surface area (Å²) in [5, 5.41) is 10.7. The molecule has 8 nitrogen and oxygen atoms in total. The second-order valence-corrected chi connectivity index (χ2v) is 8.47. The van der Waals surface area contributed by atoms with Gasteiger partial charge in [-0.15, -0.1) is 0 Å². The lowest BCUT2D eigenvalue weighted by Gasteiger charge is -2.29. The molecule has 156 valence electrons. The molecule has 0 spiro atoms. The number of amides is 2. The Balaban J connectivity index is 1.66. The summed E-state index contributed by atoms with van der Waals surface area (Å²) in [7, 11) is -2.12. The molecule has 2 aromatic rings. The number of anilines is 1. The maximum atomic E-state index is 12.4. The van der Waals surface area contributed by atoms with Gasteiger partial charge in [0.1, 0.15) is 5.75 Å². The van der Waals surface area contributed by atoms with Gasteiger partial charge >= 0.3 is 6.03 Å². The van der Waals surface area contributed by atoms with E-state index >= 15 is 0 Å². The summed E-state index contributed by atoms with van der Waals surface area (Å²) in [6, 6.07) is 13.2. The van der Waals surface area contributed by atoms with Gasteiger partial charge < -0.3 is 15.4 Å². The standard InChI is InChI=1S/C20H26N4O4S/c1-28-19-7-3-2-6-17(19)18(24-12-4-5-13-24)14-22-20(25)23-15-8-10-16(11-9-15)29(21,26)27/h2-3,6-11,18H,4-5,12-14H2,1H3,(H2,21,26,27)(H2,22,23,25). The molecule has 1 saturated heterocycles. The molecule has 3 rings (SSSR count). The maximum Gasteiger partial charge on any atom is 0.319 e. The van der Waals surface area contributed by atoms with Crippen LogP contribution in [0.3, 0.4) is 0 Å². The van der Waals surface area contributed by atoms with Gasteiger partial charge in [0.05, 0.1) is 18.0 Å². The van der Waals surface area contributed by atoms with E-state index in [9.17, 15) is 13.2 Å². The Hall–Kier alpha value is -2.62. The summed E-state index contributed by atoms with van der Waals surface area (Å²) >= 11 is 0. The van der Waals surface area contributed by atoms with E-state index in [2.05, 4.69) is 15.5 Å². The van der Waals surface area contributed by atoms with Gasteiger partial charge in [0, 0.05) is 17.8 Å². The molecule has 1 fully saturated rings. The minimum absolute atomic E-state index is 0.00385. The van der Waals surface area contributed by atoms with Crippen LogP contribution in [-0.4, -0.2) is 46.1 Å². The second-order valence-electron chi connectivity index (χ2n) is 6.91. The van der Waals surface area contributed by atoms with Crippen LogP contribution in [0, 0.1) is 0 Å². The molecule has 0 aromatic heterocycles. The minimum atomic E-state index is -3.76. The molecule has 4 N–H and O–H groups in total. The predicted molar refractivity (Wildman–Crippen MR) is 111 cm³/mol. The van der Waals surface area contributed by atoms with Gasteiger partial charge in [-0.05, 0) is 56.3 Å². The molecule has 9 heteroatoms. The number of methoxy groups -OCH3 is 1. The summed E-state index contributed by atoms with van der Waals surface area (Å²) in [4.78, 5) is 14.7. The van der Waals surface area contributed by atoms with Gasteiger partial charge in [0.15, 0.2) is 0 Å². The fourth-order valence-electron chi connectivity index (χ4n) is 3.52. The van der Waals surface area contributed by atoms with E-state index in [0.29, 0.717) is 12.2 Å². The number of nitrogens with two attached hydrogens (primary N) is 1. The van der Waals surface area contributed by atoms with Crippen molar-refractivity contribution in [1.29, 1.82) is 0 Å². The first-order valence-corrected chi connectivity index (χ1v) is 11.0. The third kappa shape index (κ3) is 5.47. The number of sulfonamides is 1. The van der Waals surface area contributed by atoms with Crippen LogP contribution in [0.15, 0.2) is 53.4 Å². The molecule has 0 aliphatic carbocycles. The van der Waals surface area contributed by atoms with Crippen LogP contribution in [0.1, 0.15) is 24.4 Å². The first kappa shape index (κ1) is 21.1. The van der Waals surface area contributed by atoms with E-state index in [0.717, 1.165) is 37.2 Å². The van der Waals surface area contributed by atoms with E-state index < -0.39 is 10.0 Å². The van der Waals surface area contributed by atoms with E-state index in [4.69, 9.17) is 9.88 Å². The van der Waals surface area contributed by atoms with Gasteiger partial charge in [-0.1, -0.05) is 18.2 Å². The SMILES string of the molecule is COc1ccccc1C(CNC(=O)Nc1ccc(S(N)(=O)=O)cc1)N1CCCC1. The quantitative estimate of drug-likeness (QED) is 0.638. The Morgan fingerprint density at radius 3 is 2.41 bits per heavy atom. The lowest BCUT2D eigenvalue weighted by atomic mass is 10.0. The Labute approximate surface area is 171 Å². The summed E-state index contributed by atoms with van der Waals surface area (Å²) < 4.78 is 28.2. The van der Waals surface area contributed by atoms with Crippen LogP contribution < -0.4 is 20.5 Å². The smallest absolute Gasteiger partial charge is 0.319 e. The summed E-state index contributed by atoms with van der Waals surface area (Å²) in [6.45, 7) is 2.36. The van der Waals surface area contributed by atoms with Crippen molar-refractivity contribution in [1.82, 2.24) is 10.2 Å². The number of primary sulfonamides is 1. The van der Waals surface area contributed by atoms with Crippen LogP contribution in [0.4, 0.5) is 10.5 Å². The Kier molecular flexibility index (Phi) is 6.73. The monoisotopic (exact) mass is 418 g/mol. The summed E-state index contributed by atoms with van der Waals surface area (Å²) in [5.74, 6) is 0.796. The van der Waals surface area contributed by atoms with Crippen molar-refractivity contribution >= 4 is 21.7 Å². The van der Waals surface area contributed by atoms with E-state index in [1.54, 1.807) is 7.11 Å². The Bertz CT molecular complexity index is 941. The number of ether oxygens (including phenoxy) is 1. The number of nitrogens with one attached hydrogen (secondary N) is 2. The molecule has 1 aliphatic rings. The molecule has 0 saturated carbocycles. The van der Waals surface area contributed by atoms with Crippen molar-refractivity contribution < 1.29 is 17.9 Å². The second kappa shape index (κ2) is 9.25. The van der Waals surface area contributed by atoms with Gasteiger partial charge in [-0.25, -0.2) is 18.4 Å². The zero-order chi connectivity index (χ0) is 20.9. The highest BCUT2D eigenvalue weighted by molar-refractivity contribution is 7.89. The topological polar surface area (TPSA) is 114 Å². The molecule has 1 atom stereocenters. The van der Waals surface area contributed by atoms with Crippen molar-refractivity contribution in [3.63, 3.8) is 0 Å². The molecule has 2 amide bonds. The van der Waals surface area contributed by atoms with Crippen LogP contribution in [0.5, 0.6) is 5.75 Å². The fraction of sp³-hybridized carbons (Fsp3) is 0.350. The lowest BCUT2D eigenvalue weighted by molar-refractivity contribution is 0.224. The van der Waals surface area contributed by atoms with Crippen molar-refractivity contribution in [3.8, 4) is 5.75 Å². The molecule has 2 aromatic carbocycles. The van der Waals surface area contributed by atoms with Crippen molar-refractivity contribution in [2.75, 3.05) is 32.1 Å². The number of hydrogen-bond donors (Lipinski definition) is 3. The summed E-state index contributed by atoms with van der Waals surface area (Å²) in [6.07, 6.45) is 2.27. The third-order valence-corrected chi connectivity index (χ3v) is 5.91. The van der Waals surface area contributed by atoms with Gasteiger partial charge in [-0.2, -0.15) is 0 Å². The number of para-hydroxylation sites is 1. The average Bonchev–Trinajstić information content (AvgIpc) is 3.23. The Morgan fingerprint density at radius 2 is 1.79 bits per heavy atom. The zero-order valence-electron chi connectivity index (χ0n) is 16.3. The van der Waals surface area contributed by atoms with Crippen molar-refractivity contribution in [2.24, 2.45) is 5.14 Å². The molecule has 1 unspecified atom stereocenters. The molecule has 1 aliphatic heterocycles. The largest absolute Gasteiger partial charge is 0.496 e. The van der Waals surface area contributed by atoms with Crippen molar-refractivity contribution in [3.05, 3.63) is 54.1 Å². The Morgan fingerprint density at radius 1 is 1.14 bits per heavy atom. The number of rotatable bonds is 7. The van der Waals surface area contributed by atoms with Crippen LogP contribution in [0.25, 0.3) is 0 Å². The number of hydrogen-bond acceptors (Lipinski definition) is 5. The first-order valence-electron chi connectivity index (χ1n) is 9.43. The number of carbonyl (C=O) groups is 1. The third-order valence-electron chi connectivity index (χ3n) is 4.98. The zero-order valence-corrected chi connectivity index (χ0v) is 17.1. The van der Waals surface area contributed by atoms with Crippen molar-refractivity contribution in [2.45, 2.75) is 23.8 Å². The highest BCUT2D eigenvalue weighted by Gasteiger charge is 2.26. The van der Waals surface area contributed by atoms with Gasteiger partial charge in [0.25, 0.3) is 0 Å². The predicted octanol–water partition coefficient (Wildman–Crippen LogP) is 2.30. The molecule has 29 heavy (non-hydrogen) atoms. The number of likely N-dealkylation sites (tertiary alicyclic amines) is 1. The fourth-order valence-corrected chi connectivity index (χ4v) is 4.04. The van der Waals surface area contributed by atoms with Gasteiger partial charge in [0.2, 0.25) is 10.0 Å². The van der Waals surface area contributed by atoms with Crippen LogP contribution in [-0.2, 0) is 10.0 Å². The maximum absolute atomic E-state index is 12.4. The molecular weight excluding hydrogens is 392 g/mol. The highest BCUT2D eigenvalue weighted by atomic mass is 32.2. The number of nitrogens with zero attached hydrogens (tertiary/aromatic N) is 1. The van der Waals surface area contributed by atoms with Gasteiger partial charge in [-0.3, -0.25) is 4.90 Å². The lowest BCUT2D eigenvalue weighted by Crippen LogP contribution is -2.38. The molecule has 0 radical (unpaired) electrons. The van der Waals surface area contributed by atoms with E-state index in [1.165, 1.54) is 24.3 Å². The molecule has 0 bridgehead atoms. The van der Waals surface area contributed by atoms with E-state index in [-0.39, 0.29) is 17.0 Å². The number of benzene rings is 2. The average molecular weight is 419 g/mol. The van der Waals surface area contributed by atoms with Crippen LogP contribution >= 0.6 is 0 Å². The summed E-state index contributed by atoms with van der Waals surface area (Å²) in [5.41, 5.74) is 1.51. The highest BCUT2D eigenvalue weighted by Crippen LogP contribution is 2.31. The normalized spacial score (nSPS) is 15.7. The van der Waals surface area contributed by atoms with E-state index in [1.807, 2.05) is 24.3 Å². The first-order chi connectivity index (χ1) is 13.9. The molecule has 1 heterocycles. The van der Waals surface area contributed by atoms with Crippen LogP contribution in [0.2, 0.25) is 0 Å². The number of urea groups is 1. The number of carbonyl (C=O) groups excluding carboxylic acids is 1. The molecular formula is C20H26N4O4S. The minimum Gasteiger partial charge on any atom is -0.496 e.